The van der Waals surface area contributed by atoms with Crippen LogP contribution in [0.4, 0.5) is 0 Å². The maximum absolute atomic E-state index is 12.1. The van der Waals surface area contributed by atoms with Gasteiger partial charge in [-0.2, -0.15) is 0 Å². The average molecular weight is 386 g/mol. The Balaban J connectivity index is 1.72. The molecular weight excluding hydrogens is 360 g/mol. The number of rotatable bonds is 8. The van der Waals surface area contributed by atoms with Crippen LogP contribution in [0.25, 0.3) is 0 Å². The topological polar surface area (TPSA) is 35.5 Å². The molecule has 1 aliphatic rings. The van der Waals surface area contributed by atoms with Crippen molar-refractivity contribution < 1.29 is 14.3 Å². The van der Waals surface area contributed by atoms with Gasteiger partial charge in [0.15, 0.2) is 0 Å². The molecule has 29 heavy (non-hydrogen) atoms. The van der Waals surface area contributed by atoms with Gasteiger partial charge in [0.2, 0.25) is 0 Å². The first kappa shape index (κ1) is 19.4. The zero-order chi connectivity index (χ0) is 20.1. The van der Waals surface area contributed by atoms with Gasteiger partial charge in [-0.15, -0.1) is 0 Å². The molecule has 2 atom stereocenters. The first-order chi connectivity index (χ1) is 14.3. The molecule has 3 aromatic carbocycles. The highest BCUT2D eigenvalue weighted by Gasteiger charge is 2.47. The van der Waals surface area contributed by atoms with Crippen molar-refractivity contribution in [1.82, 2.24) is 0 Å². The van der Waals surface area contributed by atoms with Crippen molar-refractivity contribution in [2.24, 2.45) is 11.8 Å². The Morgan fingerprint density at radius 2 is 1.28 bits per heavy atom. The van der Waals surface area contributed by atoms with Crippen molar-refractivity contribution in [1.29, 1.82) is 0 Å². The van der Waals surface area contributed by atoms with E-state index in [1.165, 1.54) is 0 Å². The van der Waals surface area contributed by atoms with Gasteiger partial charge in [-0.05, 0) is 36.0 Å². The lowest BCUT2D eigenvalue weighted by Gasteiger charge is -2.36. The Morgan fingerprint density at radius 3 is 1.69 bits per heavy atom. The predicted octanol–water partition coefficient (Wildman–Crippen LogP) is 5.19. The molecule has 1 unspecified atom stereocenters. The van der Waals surface area contributed by atoms with Crippen LogP contribution in [0, 0.1) is 11.8 Å². The zero-order valence-electron chi connectivity index (χ0n) is 16.7. The lowest BCUT2D eigenvalue weighted by Crippen LogP contribution is -2.34. The highest BCUT2D eigenvalue weighted by Crippen LogP contribution is 2.45. The van der Waals surface area contributed by atoms with E-state index in [1.54, 1.807) is 0 Å². The quantitative estimate of drug-likeness (QED) is 0.395. The molecule has 4 rings (SSSR count). The molecule has 0 bridgehead atoms. The van der Waals surface area contributed by atoms with Gasteiger partial charge in [-0.1, -0.05) is 91.0 Å². The summed E-state index contributed by atoms with van der Waals surface area (Å²) in [5.41, 5.74) is 2.49. The fourth-order valence-corrected chi connectivity index (χ4v) is 3.97. The van der Waals surface area contributed by atoms with Crippen LogP contribution < -0.4 is 0 Å². The summed E-state index contributed by atoms with van der Waals surface area (Å²) in [5.74, 6) is 0.0466. The summed E-state index contributed by atoms with van der Waals surface area (Å²) in [4.78, 5) is 12.1. The maximum Gasteiger partial charge on any atom is 0.309 e. The van der Waals surface area contributed by atoms with Gasteiger partial charge in [0.25, 0.3) is 0 Å². The molecule has 0 aromatic heterocycles. The van der Waals surface area contributed by atoms with Crippen LogP contribution in [0.2, 0.25) is 0 Å². The number of carbonyl (C=O) groups is 1. The molecule has 0 spiro atoms. The van der Waals surface area contributed by atoms with Crippen molar-refractivity contribution in [3.8, 4) is 0 Å². The minimum absolute atomic E-state index is 0.0463. The molecule has 1 aliphatic carbocycles. The van der Waals surface area contributed by atoms with Crippen LogP contribution in [-0.2, 0) is 19.9 Å². The van der Waals surface area contributed by atoms with Crippen LogP contribution >= 0.6 is 0 Å². The molecule has 0 heterocycles. The van der Waals surface area contributed by atoms with E-state index >= 15 is 0 Å². The van der Waals surface area contributed by atoms with E-state index in [9.17, 15) is 4.79 Å². The summed E-state index contributed by atoms with van der Waals surface area (Å²) in [6.07, 6.45) is 0.827. The van der Waals surface area contributed by atoms with Gasteiger partial charge in [0, 0.05) is 0 Å². The van der Waals surface area contributed by atoms with E-state index in [-0.39, 0.29) is 17.8 Å². The van der Waals surface area contributed by atoms with Gasteiger partial charge in [-0.3, -0.25) is 4.79 Å². The van der Waals surface area contributed by atoms with Gasteiger partial charge in [-0.25, -0.2) is 0 Å². The number of hydrogen-bond acceptors (Lipinski definition) is 3. The third-order valence-electron chi connectivity index (χ3n) is 5.57. The van der Waals surface area contributed by atoms with E-state index in [0.29, 0.717) is 13.2 Å². The van der Waals surface area contributed by atoms with Crippen LogP contribution in [0.3, 0.4) is 0 Å². The third kappa shape index (κ3) is 3.96. The van der Waals surface area contributed by atoms with Gasteiger partial charge < -0.3 is 9.47 Å². The Bertz CT molecular complexity index is 825. The second kappa shape index (κ2) is 8.62. The first-order valence-corrected chi connectivity index (χ1v) is 10.2. The smallest absolute Gasteiger partial charge is 0.309 e. The average Bonchev–Trinajstić information content (AvgIpc) is 3.57. The summed E-state index contributed by atoms with van der Waals surface area (Å²) >= 11 is 0. The van der Waals surface area contributed by atoms with E-state index in [2.05, 4.69) is 36.4 Å². The Labute approximate surface area is 172 Å². The number of ether oxygens (including phenoxy) is 2. The van der Waals surface area contributed by atoms with Gasteiger partial charge in [0.1, 0.15) is 5.60 Å². The fourth-order valence-electron chi connectivity index (χ4n) is 3.97. The third-order valence-corrected chi connectivity index (χ3v) is 5.57. The molecular formula is C26H26O3. The van der Waals surface area contributed by atoms with Gasteiger partial charge in [0.05, 0.1) is 19.1 Å². The summed E-state index contributed by atoms with van der Waals surface area (Å²) in [6, 6.07) is 30.9. The number of benzene rings is 3. The van der Waals surface area contributed by atoms with Crippen LogP contribution in [-0.4, -0.2) is 19.2 Å². The van der Waals surface area contributed by atoms with Crippen LogP contribution in [0.15, 0.2) is 91.0 Å². The highest BCUT2D eigenvalue weighted by molar-refractivity contribution is 5.75. The highest BCUT2D eigenvalue weighted by atomic mass is 16.5. The normalized spacial score (nSPS) is 18.2. The number of esters is 1. The Kier molecular flexibility index (Phi) is 5.77. The molecule has 3 heteroatoms. The minimum atomic E-state index is -0.731. The van der Waals surface area contributed by atoms with Crippen molar-refractivity contribution in [2.45, 2.75) is 18.9 Å². The monoisotopic (exact) mass is 386 g/mol. The maximum atomic E-state index is 12.1. The molecule has 0 radical (unpaired) electrons. The van der Waals surface area contributed by atoms with Crippen LogP contribution in [0.5, 0.6) is 0 Å². The summed E-state index contributed by atoms with van der Waals surface area (Å²) in [5, 5.41) is 0. The lowest BCUT2D eigenvalue weighted by atomic mass is 9.80. The predicted molar refractivity (Wildman–Crippen MR) is 113 cm³/mol. The second-order valence-corrected chi connectivity index (χ2v) is 7.44. The lowest BCUT2D eigenvalue weighted by molar-refractivity contribution is -0.145. The molecule has 148 valence electrons. The molecule has 0 amide bonds. The molecule has 3 aromatic rings. The van der Waals surface area contributed by atoms with E-state index in [4.69, 9.17) is 9.47 Å². The fraction of sp³-hybridized carbons (Fsp3) is 0.269. The molecule has 0 saturated heterocycles. The SMILES string of the molecule is CCOC(=O)C1C[C@H]1COC(c1ccccc1)(c1ccccc1)c1ccccc1. The first-order valence-electron chi connectivity index (χ1n) is 10.2. The van der Waals surface area contributed by atoms with Crippen molar-refractivity contribution in [2.75, 3.05) is 13.2 Å². The second-order valence-electron chi connectivity index (χ2n) is 7.44. The van der Waals surface area contributed by atoms with Crippen LogP contribution in [0.1, 0.15) is 30.0 Å². The molecule has 0 aliphatic heterocycles. The van der Waals surface area contributed by atoms with Crippen molar-refractivity contribution in [3.63, 3.8) is 0 Å². The van der Waals surface area contributed by atoms with E-state index < -0.39 is 5.60 Å². The molecule has 3 nitrogen and oxygen atoms in total. The summed E-state index contributed by atoms with van der Waals surface area (Å²) in [6.45, 7) is 2.77. The minimum Gasteiger partial charge on any atom is -0.466 e. The molecule has 0 N–H and O–H groups in total. The van der Waals surface area contributed by atoms with Crippen molar-refractivity contribution >= 4 is 5.97 Å². The standard InChI is InChI=1S/C26H26O3/c1-2-28-25(27)24-18-20(24)19-29-26(21-12-6-3-7-13-21,22-14-8-4-9-15-22)23-16-10-5-11-17-23/h3-17,20,24H,2,18-19H2,1H3/t20-,24?/m0/s1. The summed E-state index contributed by atoms with van der Waals surface area (Å²) in [7, 11) is 0. The molecule has 1 saturated carbocycles. The number of carbonyl (C=O) groups excluding carboxylic acids is 1. The largest absolute Gasteiger partial charge is 0.466 e. The van der Waals surface area contributed by atoms with Crippen molar-refractivity contribution in [3.05, 3.63) is 108 Å². The Morgan fingerprint density at radius 1 is 0.828 bits per heavy atom. The number of hydrogen-bond donors (Lipinski definition) is 0. The van der Waals surface area contributed by atoms with E-state index in [0.717, 1.165) is 23.1 Å². The van der Waals surface area contributed by atoms with Gasteiger partial charge >= 0.3 is 5.97 Å². The van der Waals surface area contributed by atoms with E-state index in [1.807, 2.05) is 61.5 Å². The zero-order valence-corrected chi connectivity index (χ0v) is 16.7. The summed E-state index contributed by atoms with van der Waals surface area (Å²) < 4.78 is 12.0. The molecule has 1 fully saturated rings. The Hall–Kier alpha value is -2.91.